The van der Waals surface area contributed by atoms with Crippen molar-refractivity contribution in [3.05, 3.63) is 29.3 Å². The molecule has 1 aromatic carbocycles. The predicted molar refractivity (Wildman–Crippen MR) is 87.0 cm³/mol. The van der Waals surface area contributed by atoms with Crippen LogP contribution < -0.4 is 9.84 Å². The van der Waals surface area contributed by atoms with Crippen LogP contribution in [0.3, 0.4) is 0 Å². The molecule has 0 saturated heterocycles. The predicted octanol–water partition coefficient (Wildman–Crippen LogP) is 2.11. The van der Waals surface area contributed by atoms with Crippen LogP contribution in [0.2, 0.25) is 0 Å². The summed E-state index contributed by atoms with van der Waals surface area (Å²) in [6.07, 6.45) is -0.561. The molecule has 0 saturated carbocycles. The average molecular weight is 378 g/mol. The first-order valence-corrected chi connectivity index (χ1v) is 5.99. The maximum Gasteiger partial charge on any atom is 0.149 e. The van der Waals surface area contributed by atoms with E-state index >= 15 is 0 Å². The van der Waals surface area contributed by atoms with Crippen molar-refractivity contribution in [1.82, 2.24) is 0 Å². The van der Waals surface area contributed by atoms with Crippen molar-refractivity contribution in [1.29, 1.82) is 0 Å². The highest BCUT2D eigenvalue weighted by molar-refractivity contribution is 14.0. The van der Waals surface area contributed by atoms with Crippen molar-refractivity contribution in [2.24, 2.45) is 4.99 Å². The highest BCUT2D eigenvalue weighted by Gasteiger charge is 2.22. The Balaban J connectivity index is 0.00000324. The van der Waals surface area contributed by atoms with Crippen LogP contribution in [-0.4, -0.2) is 38.8 Å². The second-order valence-electron chi connectivity index (χ2n) is 5.43. The summed E-state index contributed by atoms with van der Waals surface area (Å²) in [6, 6.07) is 6.06. The van der Waals surface area contributed by atoms with Crippen LogP contribution in [0, 0.1) is 6.92 Å². The maximum atomic E-state index is 11.3. The van der Waals surface area contributed by atoms with E-state index in [2.05, 4.69) is 39.1 Å². The molecule has 0 aromatic heterocycles. The molecule has 0 fully saturated rings. The van der Waals surface area contributed by atoms with Gasteiger partial charge in [0, 0.05) is 18.4 Å². The molecule has 1 rings (SSSR count). The van der Waals surface area contributed by atoms with Crippen LogP contribution in [0.1, 0.15) is 24.1 Å². The minimum absolute atomic E-state index is 0. The molecular weight excluding hydrogens is 355 g/mol. The Morgan fingerprint density at radius 1 is 1.32 bits per heavy atom. The summed E-state index contributed by atoms with van der Waals surface area (Å²) in [7, 11) is 7.77. The summed E-state index contributed by atoms with van der Waals surface area (Å²) in [6.45, 7) is 4.15. The first-order chi connectivity index (χ1) is 8.25. The molecule has 0 N–H and O–H groups in total. The quantitative estimate of drug-likeness (QED) is 0.350. The van der Waals surface area contributed by atoms with Gasteiger partial charge < -0.3 is 14.3 Å². The van der Waals surface area contributed by atoms with Gasteiger partial charge >= 0.3 is 0 Å². The Morgan fingerprint density at radius 3 is 2.37 bits per heavy atom. The molecule has 0 bridgehead atoms. The van der Waals surface area contributed by atoms with Gasteiger partial charge in [-0.25, -0.2) is 0 Å². The molecule has 5 heteroatoms. The van der Waals surface area contributed by atoms with Crippen LogP contribution in [0.15, 0.2) is 23.2 Å². The number of ether oxygens (including phenoxy) is 1. The minimum Gasteiger partial charge on any atom is -0.566 e. The van der Waals surface area contributed by atoms with Crippen molar-refractivity contribution >= 4 is 30.1 Å². The molecule has 4 nitrogen and oxygen atoms in total. The molecule has 0 aliphatic carbocycles. The third-order valence-electron chi connectivity index (χ3n) is 3.16. The Bertz CT molecular complexity index is 453. The number of rotatable bonds is 3. The van der Waals surface area contributed by atoms with E-state index in [4.69, 9.17) is 4.74 Å². The normalized spacial score (nSPS) is 13.7. The van der Waals surface area contributed by atoms with Crippen molar-refractivity contribution < 1.29 is 14.3 Å². The first kappa shape index (κ1) is 18.2. The van der Waals surface area contributed by atoms with Gasteiger partial charge in [0.2, 0.25) is 0 Å². The second-order valence-corrected chi connectivity index (χ2v) is 5.43. The van der Waals surface area contributed by atoms with Gasteiger partial charge in [-0.2, -0.15) is 0 Å². The summed E-state index contributed by atoms with van der Waals surface area (Å²) in [5.74, 6) is 0.594. The molecule has 0 spiro atoms. The molecule has 19 heavy (non-hydrogen) atoms. The lowest BCUT2D eigenvalue weighted by Crippen LogP contribution is -2.37. The largest absolute Gasteiger partial charge is 0.566 e. The third-order valence-corrected chi connectivity index (χ3v) is 3.16. The molecule has 1 unspecified atom stereocenters. The van der Waals surface area contributed by atoms with Crippen molar-refractivity contribution in [3.8, 4) is 5.75 Å². The highest BCUT2D eigenvalue weighted by atomic mass is 127. The number of quaternary nitrogens is 1. The van der Waals surface area contributed by atoms with Crippen LogP contribution in [-0.2, 0) is 0 Å². The van der Waals surface area contributed by atoms with E-state index in [9.17, 15) is 5.11 Å². The SMILES string of the molecule is CN=C([O-])Oc1ccc(C)cc1C(C)[N+](C)(C)C.I. The zero-order valence-corrected chi connectivity index (χ0v) is 14.8. The van der Waals surface area contributed by atoms with Gasteiger partial charge in [0.1, 0.15) is 12.1 Å². The van der Waals surface area contributed by atoms with E-state index in [1.54, 1.807) is 0 Å². The van der Waals surface area contributed by atoms with Gasteiger partial charge in [0.05, 0.1) is 21.1 Å². The number of hydrogen-bond donors (Lipinski definition) is 0. The van der Waals surface area contributed by atoms with Crippen LogP contribution >= 0.6 is 24.0 Å². The number of benzene rings is 1. The summed E-state index contributed by atoms with van der Waals surface area (Å²) >= 11 is 0. The lowest BCUT2D eigenvalue weighted by molar-refractivity contribution is -0.900. The summed E-state index contributed by atoms with van der Waals surface area (Å²) in [4.78, 5) is 3.50. The number of halogens is 1. The zero-order valence-electron chi connectivity index (χ0n) is 12.4. The Hall–Kier alpha value is -0.820. The van der Waals surface area contributed by atoms with Gasteiger partial charge in [0.25, 0.3) is 0 Å². The van der Waals surface area contributed by atoms with E-state index < -0.39 is 6.08 Å². The van der Waals surface area contributed by atoms with E-state index in [1.165, 1.54) is 7.05 Å². The van der Waals surface area contributed by atoms with Crippen LogP contribution in [0.25, 0.3) is 0 Å². The maximum absolute atomic E-state index is 11.3. The topological polar surface area (TPSA) is 44.7 Å². The lowest BCUT2D eigenvalue weighted by Gasteiger charge is -2.34. The van der Waals surface area contributed by atoms with Crippen LogP contribution in [0.5, 0.6) is 5.75 Å². The smallest absolute Gasteiger partial charge is 0.149 e. The fourth-order valence-electron chi connectivity index (χ4n) is 1.64. The number of nitrogens with zero attached hydrogens (tertiary/aromatic N) is 2. The Labute approximate surface area is 132 Å². The molecule has 108 valence electrons. The molecule has 0 amide bonds. The lowest BCUT2D eigenvalue weighted by atomic mass is 10.0. The summed E-state index contributed by atoms with van der Waals surface area (Å²) < 4.78 is 6.01. The zero-order chi connectivity index (χ0) is 13.9. The Kier molecular flexibility index (Phi) is 6.79. The molecule has 0 aliphatic heterocycles. The summed E-state index contributed by atoms with van der Waals surface area (Å²) in [5.41, 5.74) is 2.18. The van der Waals surface area contributed by atoms with E-state index in [1.807, 2.05) is 19.1 Å². The van der Waals surface area contributed by atoms with E-state index in [0.717, 1.165) is 15.6 Å². The van der Waals surface area contributed by atoms with Gasteiger partial charge in [0.15, 0.2) is 0 Å². The van der Waals surface area contributed by atoms with Gasteiger partial charge in [-0.3, -0.25) is 4.99 Å². The van der Waals surface area contributed by atoms with Crippen LogP contribution in [0.4, 0.5) is 0 Å². The molecule has 0 radical (unpaired) electrons. The first-order valence-electron chi connectivity index (χ1n) is 5.99. The van der Waals surface area contributed by atoms with Gasteiger partial charge in [-0.1, -0.05) is 11.6 Å². The molecular formula is C14H23IN2O2. The third kappa shape index (κ3) is 4.99. The molecule has 0 heterocycles. The van der Waals surface area contributed by atoms with Crippen molar-refractivity contribution in [2.75, 3.05) is 28.2 Å². The second kappa shape index (κ2) is 7.09. The van der Waals surface area contributed by atoms with E-state index in [0.29, 0.717) is 5.75 Å². The van der Waals surface area contributed by atoms with Gasteiger partial charge in [-0.15, -0.1) is 24.0 Å². The minimum atomic E-state index is -0.561. The standard InChI is InChI=1S/C14H22N2O2.HI/c1-10-7-8-13(18-14(17)15-3)12(9-10)11(2)16(4,5)6;/h7-9,11H,1-6H3;1H. The molecule has 1 atom stereocenters. The van der Waals surface area contributed by atoms with E-state index in [-0.39, 0.29) is 30.0 Å². The fourth-order valence-corrected chi connectivity index (χ4v) is 1.64. The number of aliphatic imine (C=N–C) groups is 1. The van der Waals surface area contributed by atoms with Crippen molar-refractivity contribution in [3.63, 3.8) is 0 Å². The fraction of sp³-hybridized carbons (Fsp3) is 0.500. The Morgan fingerprint density at radius 2 is 1.89 bits per heavy atom. The van der Waals surface area contributed by atoms with Gasteiger partial charge in [-0.05, 0) is 26.0 Å². The average Bonchev–Trinajstić information content (AvgIpc) is 2.29. The monoisotopic (exact) mass is 378 g/mol. The molecule has 1 aromatic rings. The highest BCUT2D eigenvalue weighted by Crippen LogP contribution is 2.31. The van der Waals surface area contributed by atoms with Crippen molar-refractivity contribution in [2.45, 2.75) is 19.9 Å². The number of aryl methyl sites for hydroxylation is 1. The number of hydrogen-bond acceptors (Lipinski definition) is 3. The molecule has 0 aliphatic rings. The summed E-state index contributed by atoms with van der Waals surface area (Å²) in [5, 5.41) is 11.3.